The van der Waals surface area contributed by atoms with Crippen LogP contribution < -0.4 is 16.0 Å². The third-order valence-electron chi connectivity index (χ3n) is 11.6. The van der Waals surface area contributed by atoms with E-state index in [9.17, 15) is 24.0 Å². The number of nitrogens with zero attached hydrogens (tertiary/aromatic N) is 5. The van der Waals surface area contributed by atoms with E-state index in [2.05, 4.69) is 41.6 Å². The number of pyridine rings is 1. The van der Waals surface area contributed by atoms with E-state index < -0.39 is 23.3 Å². The van der Waals surface area contributed by atoms with Gasteiger partial charge in [-0.25, -0.2) is 14.6 Å². The maximum atomic E-state index is 13.9. The van der Waals surface area contributed by atoms with Crippen molar-refractivity contribution in [2.24, 2.45) is 17.8 Å². The van der Waals surface area contributed by atoms with Crippen molar-refractivity contribution in [3.05, 3.63) is 77.6 Å². The lowest BCUT2D eigenvalue weighted by atomic mass is 9.81. The fourth-order valence-electron chi connectivity index (χ4n) is 8.20. The van der Waals surface area contributed by atoms with Crippen LogP contribution in [0.25, 0.3) is 22.5 Å². The molecule has 2 aromatic carbocycles. The van der Waals surface area contributed by atoms with Gasteiger partial charge in [0.15, 0.2) is 5.78 Å². The quantitative estimate of drug-likeness (QED) is 0.0845. The molecule has 0 radical (unpaired) electrons. The number of benzene rings is 2. The number of amides is 4. The summed E-state index contributed by atoms with van der Waals surface area (Å²) in [5.41, 5.74) is 3.98. The maximum Gasteiger partial charge on any atom is 0.410 e. The number of hydrogen-bond acceptors (Lipinski definition) is 11. The summed E-state index contributed by atoms with van der Waals surface area (Å²) in [6.45, 7) is 14.7. The van der Waals surface area contributed by atoms with Gasteiger partial charge < -0.3 is 30.3 Å². The first-order valence-electron chi connectivity index (χ1n) is 22.4. The van der Waals surface area contributed by atoms with Crippen molar-refractivity contribution in [1.29, 1.82) is 0 Å². The van der Waals surface area contributed by atoms with Crippen LogP contribution in [0, 0.1) is 24.7 Å². The SMILES string of the molecule is Cc1nc(C(=O)CCCC2CCN(C(=O)OC(C)(C)C)C2)ccc1-c1ccc(CC(NC(=O)C2CCC(CNC(=O)OC(C)(C)C)CC2)C(=O)Nc2ccc(-c3nn[nH]n3)cc2)cc1. The first kappa shape index (κ1) is 47.3. The highest BCUT2D eigenvalue weighted by Crippen LogP contribution is 2.30. The van der Waals surface area contributed by atoms with Crippen LogP contribution in [-0.4, -0.2) is 97.2 Å². The predicted octanol–water partition coefficient (Wildman–Crippen LogP) is 7.84. The molecule has 2 atom stereocenters. The summed E-state index contributed by atoms with van der Waals surface area (Å²) >= 11 is 0. The molecule has 2 aliphatic rings. The van der Waals surface area contributed by atoms with E-state index in [1.807, 2.05) is 78.8 Å². The number of ketones is 1. The Bertz CT molecular complexity index is 2220. The third kappa shape index (κ3) is 13.9. The number of anilines is 1. The average Bonchev–Trinajstić information content (AvgIpc) is 3.96. The molecule has 16 nitrogen and oxygen atoms in total. The van der Waals surface area contributed by atoms with Gasteiger partial charge in [0.1, 0.15) is 22.9 Å². The number of rotatable bonds is 15. The summed E-state index contributed by atoms with van der Waals surface area (Å²) in [6, 6.07) is 17.7. The molecular formula is C48H63N9O7. The van der Waals surface area contributed by atoms with Crippen LogP contribution in [0.5, 0.6) is 0 Å². The van der Waals surface area contributed by atoms with E-state index >= 15 is 0 Å². The number of Topliss-reactive ketones (excluding diaryl/α,β-unsaturated/α-hetero) is 1. The van der Waals surface area contributed by atoms with Crippen molar-refractivity contribution in [3.63, 3.8) is 0 Å². The number of ether oxygens (including phenoxy) is 2. The fourth-order valence-corrected chi connectivity index (χ4v) is 8.20. The number of alkyl carbamates (subject to hydrolysis) is 1. The average molecular weight is 878 g/mol. The summed E-state index contributed by atoms with van der Waals surface area (Å²) in [5, 5.41) is 22.9. The summed E-state index contributed by atoms with van der Waals surface area (Å²) in [5.74, 6) is 0.195. The van der Waals surface area contributed by atoms with Gasteiger partial charge in [0, 0.05) is 60.9 Å². The van der Waals surface area contributed by atoms with Crippen LogP contribution in [0.15, 0.2) is 60.7 Å². The van der Waals surface area contributed by atoms with E-state index in [0.29, 0.717) is 62.0 Å². The molecule has 1 aliphatic carbocycles. The number of carbonyl (C=O) groups is 5. The topological polar surface area (TPSA) is 210 Å². The minimum absolute atomic E-state index is 0.00970. The second-order valence-corrected chi connectivity index (χ2v) is 19.1. The van der Waals surface area contributed by atoms with Gasteiger partial charge in [0.2, 0.25) is 17.6 Å². The van der Waals surface area contributed by atoms with Gasteiger partial charge in [-0.05, 0) is 152 Å². The van der Waals surface area contributed by atoms with E-state index in [1.54, 1.807) is 35.2 Å². The van der Waals surface area contributed by atoms with Gasteiger partial charge in [0.25, 0.3) is 0 Å². The van der Waals surface area contributed by atoms with Crippen molar-refractivity contribution in [2.75, 3.05) is 25.0 Å². The Balaban J connectivity index is 1.05. The minimum Gasteiger partial charge on any atom is -0.444 e. The Morgan fingerprint density at radius 2 is 1.52 bits per heavy atom. The number of nitrogens with one attached hydrogen (secondary N) is 4. The first-order chi connectivity index (χ1) is 30.4. The molecule has 6 rings (SSSR count). The normalized spacial score (nSPS) is 18.2. The molecule has 2 unspecified atom stereocenters. The molecule has 342 valence electrons. The van der Waals surface area contributed by atoms with Crippen LogP contribution in [0.4, 0.5) is 15.3 Å². The van der Waals surface area contributed by atoms with Crippen molar-refractivity contribution < 1.29 is 33.4 Å². The van der Waals surface area contributed by atoms with Crippen LogP contribution in [0.2, 0.25) is 0 Å². The zero-order valence-electron chi connectivity index (χ0n) is 38.2. The molecule has 4 amide bonds. The van der Waals surface area contributed by atoms with Gasteiger partial charge in [-0.2, -0.15) is 5.21 Å². The molecule has 1 saturated heterocycles. The largest absolute Gasteiger partial charge is 0.444 e. The number of tetrazole rings is 1. The van der Waals surface area contributed by atoms with Crippen LogP contribution in [0.3, 0.4) is 0 Å². The second kappa shape index (κ2) is 21.0. The fraction of sp³-hybridized carbons (Fsp3) is 0.521. The summed E-state index contributed by atoms with van der Waals surface area (Å²) in [4.78, 5) is 71.9. The Kier molecular flexibility index (Phi) is 15.5. The van der Waals surface area contributed by atoms with Gasteiger partial charge in [-0.3, -0.25) is 14.4 Å². The molecule has 0 spiro atoms. The smallest absolute Gasteiger partial charge is 0.410 e. The Morgan fingerprint density at radius 1 is 0.828 bits per heavy atom. The van der Waals surface area contributed by atoms with Crippen molar-refractivity contribution in [2.45, 2.75) is 123 Å². The molecule has 2 aromatic heterocycles. The van der Waals surface area contributed by atoms with E-state index in [0.717, 1.165) is 60.1 Å². The lowest BCUT2D eigenvalue weighted by Gasteiger charge is -2.29. The van der Waals surface area contributed by atoms with Gasteiger partial charge in [0.05, 0.1) is 0 Å². The lowest BCUT2D eigenvalue weighted by Crippen LogP contribution is -2.48. The summed E-state index contributed by atoms with van der Waals surface area (Å²) in [6.07, 6.45) is 5.19. The number of aromatic amines is 1. The summed E-state index contributed by atoms with van der Waals surface area (Å²) in [7, 11) is 0. The molecule has 1 saturated carbocycles. The number of likely N-dealkylation sites (tertiary alicyclic amines) is 1. The monoisotopic (exact) mass is 877 g/mol. The molecule has 1 aliphatic heterocycles. The highest BCUT2D eigenvalue weighted by atomic mass is 16.6. The highest BCUT2D eigenvalue weighted by molar-refractivity contribution is 5.98. The molecule has 3 heterocycles. The lowest BCUT2D eigenvalue weighted by molar-refractivity contribution is -0.130. The van der Waals surface area contributed by atoms with E-state index in [4.69, 9.17) is 9.47 Å². The predicted molar refractivity (Wildman–Crippen MR) is 242 cm³/mol. The summed E-state index contributed by atoms with van der Waals surface area (Å²) < 4.78 is 10.9. The molecule has 16 heteroatoms. The van der Waals surface area contributed by atoms with E-state index in [-0.39, 0.29) is 41.9 Å². The van der Waals surface area contributed by atoms with Crippen LogP contribution >= 0.6 is 0 Å². The minimum atomic E-state index is -0.868. The number of carbonyl (C=O) groups excluding carboxylic acids is 5. The van der Waals surface area contributed by atoms with Gasteiger partial charge in [-0.1, -0.05) is 30.3 Å². The van der Waals surface area contributed by atoms with E-state index in [1.165, 1.54) is 0 Å². The number of aryl methyl sites for hydroxylation is 1. The van der Waals surface area contributed by atoms with Crippen molar-refractivity contribution in [1.82, 2.24) is 41.1 Å². The number of hydrogen-bond donors (Lipinski definition) is 4. The Morgan fingerprint density at radius 3 is 2.16 bits per heavy atom. The second-order valence-electron chi connectivity index (χ2n) is 19.1. The zero-order valence-corrected chi connectivity index (χ0v) is 38.2. The van der Waals surface area contributed by atoms with Crippen LogP contribution in [-0.2, 0) is 25.5 Å². The Labute approximate surface area is 375 Å². The molecular weight excluding hydrogens is 815 g/mol. The number of H-pyrrole nitrogens is 1. The van der Waals surface area contributed by atoms with Gasteiger partial charge >= 0.3 is 12.2 Å². The molecule has 4 N–H and O–H groups in total. The third-order valence-corrected chi connectivity index (χ3v) is 11.6. The zero-order chi connectivity index (χ0) is 46.0. The highest BCUT2D eigenvalue weighted by Gasteiger charge is 2.32. The maximum absolute atomic E-state index is 13.9. The first-order valence-corrected chi connectivity index (χ1v) is 22.4. The Hall–Kier alpha value is -6.19. The van der Waals surface area contributed by atoms with Gasteiger partial charge in [-0.15, -0.1) is 10.2 Å². The molecule has 4 aromatic rings. The van der Waals surface area contributed by atoms with Crippen LogP contribution in [0.1, 0.15) is 115 Å². The molecule has 64 heavy (non-hydrogen) atoms. The molecule has 2 fully saturated rings. The van der Waals surface area contributed by atoms with Crippen molar-refractivity contribution >= 4 is 35.5 Å². The number of aromatic nitrogens is 5. The molecule has 0 bridgehead atoms. The van der Waals surface area contributed by atoms with Crippen molar-refractivity contribution in [3.8, 4) is 22.5 Å². The standard InChI is InChI=1S/C48H63N9O7/c1-30-38(23-24-39(50-30)41(58)10-8-9-33-25-26-57(29-33)46(62)64-48(5,6)7)34-15-11-31(12-16-34)27-40(44(60)51-37-21-19-35(20-22-37)42-53-55-56-54-42)52-43(59)36-17-13-32(14-18-36)28-49-45(61)63-47(2,3)4/h11-12,15-16,19-24,32-33,36,40H,8-10,13-14,17-18,25-29H2,1-7H3,(H,49,61)(H,51,60)(H,52,59)(H,53,54,55,56).